The zero-order valence-electron chi connectivity index (χ0n) is 6.76. The van der Waals surface area contributed by atoms with E-state index in [9.17, 15) is 4.79 Å². The van der Waals surface area contributed by atoms with Crippen molar-refractivity contribution in [1.29, 1.82) is 0 Å². The summed E-state index contributed by atoms with van der Waals surface area (Å²) in [7, 11) is 0. The van der Waals surface area contributed by atoms with E-state index in [0.29, 0.717) is 13.2 Å². The highest BCUT2D eigenvalue weighted by Crippen LogP contribution is 2.12. The molecule has 1 rings (SSSR count). The Bertz CT molecular complexity index is 210. The number of carbonyl (C=O) groups is 1. The van der Waals surface area contributed by atoms with Crippen molar-refractivity contribution in [2.45, 2.75) is 13.8 Å². The highest BCUT2D eigenvalue weighted by Gasteiger charge is 2.16. The van der Waals surface area contributed by atoms with Gasteiger partial charge in [-0.15, -0.1) is 0 Å². The van der Waals surface area contributed by atoms with Gasteiger partial charge in [0.25, 0.3) is 0 Å². The van der Waals surface area contributed by atoms with Crippen molar-refractivity contribution >= 4 is 6.03 Å². The van der Waals surface area contributed by atoms with Gasteiger partial charge in [0.15, 0.2) is 0 Å². The van der Waals surface area contributed by atoms with Gasteiger partial charge in [0.2, 0.25) is 0 Å². The molecule has 2 amide bonds. The van der Waals surface area contributed by atoms with Gasteiger partial charge in [0.05, 0.1) is 13.2 Å². The third-order valence-corrected chi connectivity index (χ3v) is 1.79. The van der Waals surface area contributed by atoms with Crippen LogP contribution < -0.4 is 5.73 Å². The number of hydrogen-bond acceptors (Lipinski definition) is 2. The zero-order valence-corrected chi connectivity index (χ0v) is 6.76. The molecular formula is C7H12N2O2. The van der Waals surface area contributed by atoms with Crippen LogP contribution in [0, 0.1) is 0 Å². The topological polar surface area (TPSA) is 55.6 Å². The zero-order chi connectivity index (χ0) is 8.43. The molecule has 11 heavy (non-hydrogen) atoms. The van der Waals surface area contributed by atoms with E-state index in [0.717, 1.165) is 5.57 Å². The van der Waals surface area contributed by atoms with Crippen molar-refractivity contribution in [2.75, 3.05) is 13.2 Å². The Balaban J connectivity index is 2.64. The maximum Gasteiger partial charge on any atom is 0.339 e. The monoisotopic (exact) mass is 156 g/mol. The average Bonchev–Trinajstić information content (AvgIpc) is 1.94. The highest BCUT2D eigenvalue weighted by atomic mass is 16.7. The van der Waals surface area contributed by atoms with Crippen molar-refractivity contribution in [1.82, 2.24) is 5.06 Å². The number of amides is 2. The fourth-order valence-corrected chi connectivity index (χ4v) is 0.835. The molecule has 1 aliphatic heterocycles. The fraction of sp³-hybridized carbons (Fsp3) is 0.571. The summed E-state index contributed by atoms with van der Waals surface area (Å²) in [6, 6.07) is -0.531. The van der Waals surface area contributed by atoms with Gasteiger partial charge < -0.3 is 5.73 Å². The summed E-state index contributed by atoms with van der Waals surface area (Å²) in [6.45, 7) is 4.90. The van der Waals surface area contributed by atoms with E-state index in [2.05, 4.69) is 0 Å². The maximum atomic E-state index is 10.6. The van der Waals surface area contributed by atoms with Crippen LogP contribution in [0.4, 0.5) is 4.79 Å². The van der Waals surface area contributed by atoms with Crippen LogP contribution in [0.1, 0.15) is 13.8 Å². The summed E-state index contributed by atoms with van der Waals surface area (Å²) < 4.78 is 0. The van der Waals surface area contributed by atoms with E-state index in [1.54, 1.807) is 0 Å². The predicted octanol–water partition coefficient (Wildman–Crippen LogP) is 0.649. The summed E-state index contributed by atoms with van der Waals surface area (Å²) >= 11 is 0. The van der Waals surface area contributed by atoms with Gasteiger partial charge in [0.1, 0.15) is 0 Å². The van der Waals surface area contributed by atoms with Crippen LogP contribution in [-0.4, -0.2) is 24.2 Å². The van der Waals surface area contributed by atoms with Gasteiger partial charge >= 0.3 is 6.03 Å². The summed E-state index contributed by atoms with van der Waals surface area (Å²) in [4.78, 5) is 15.6. The molecule has 0 aromatic rings. The smallest absolute Gasteiger partial charge is 0.339 e. The standard InChI is InChI=1S/C7H12N2O2/c1-5-3-9(7(8)10)11-4-6(5)2/h3-4H2,1-2H3,(H2,8,10). The van der Waals surface area contributed by atoms with Gasteiger partial charge in [-0.25, -0.2) is 4.79 Å². The molecule has 0 aliphatic carbocycles. The molecule has 0 atom stereocenters. The first-order valence-electron chi connectivity index (χ1n) is 3.46. The molecule has 4 heteroatoms. The number of hydrogen-bond donors (Lipinski definition) is 1. The molecule has 0 saturated carbocycles. The van der Waals surface area contributed by atoms with Crippen molar-refractivity contribution in [2.24, 2.45) is 5.73 Å². The number of nitrogens with zero attached hydrogens (tertiary/aromatic N) is 1. The quantitative estimate of drug-likeness (QED) is 0.523. The molecule has 1 aliphatic rings. The Hall–Kier alpha value is -1.03. The fourth-order valence-electron chi connectivity index (χ4n) is 0.835. The number of urea groups is 1. The molecule has 0 aromatic heterocycles. The van der Waals surface area contributed by atoms with E-state index < -0.39 is 6.03 Å². The van der Waals surface area contributed by atoms with E-state index in [4.69, 9.17) is 10.6 Å². The van der Waals surface area contributed by atoms with Crippen molar-refractivity contribution < 1.29 is 9.63 Å². The number of rotatable bonds is 0. The van der Waals surface area contributed by atoms with E-state index in [1.807, 2.05) is 13.8 Å². The maximum absolute atomic E-state index is 10.6. The molecular weight excluding hydrogens is 144 g/mol. The Labute approximate surface area is 65.6 Å². The Morgan fingerprint density at radius 1 is 1.55 bits per heavy atom. The van der Waals surface area contributed by atoms with Crippen LogP contribution >= 0.6 is 0 Å². The molecule has 0 saturated heterocycles. The number of primary amides is 1. The van der Waals surface area contributed by atoms with Crippen LogP contribution in [0.2, 0.25) is 0 Å². The Morgan fingerprint density at radius 2 is 2.18 bits per heavy atom. The number of nitrogens with two attached hydrogens (primary N) is 1. The summed E-state index contributed by atoms with van der Waals surface area (Å²) in [5, 5.41) is 1.17. The molecule has 2 N–H and O–H groups in total. The third kappa shape index (κ3) is 1.71. The van der Waals surface area contributed by atoms with Crippen molar-refractivity contribution in [3.8, 4) is 0 Å². The van der Waals surface area contributed by atoms with Crippen LogP contribution in [0.5, 0.6) is 0 Å². The second kappa shape index (κ2) is 2.92. The Morgan fingerprint density at radius 3 is 2.64 bits per heavy atom. The lowest BCUT2D eigenvalue weighted by atomic mass is 10.1. The van der Waals surface area contributed by atoms with Crippen LogP contribution in [-0.2, 0) is 4.84 Å². The minimum absolute atomic E-state index is 0.467. The molecule has 0 fully saturated rings. The number of hydroxylamine groups is 2. The highest BCUT2D eigenvalue weighted by molar-refractivity contribution is 5.71. The van der Waals surface area contributed by atoms with Gasteiger partial charge in [-0.3, -0.25) is 4.84 Å². The molecule has 4 nitrogen and oxygen atoms in total. The average molecular weight is 156 g/mol. The second-order valence-electron chi connectivity index (χ2n) is 2.71. The van der Waals surface area contributed by atoms with Crippen LogP contribution in [0.15, 0.2) is 11.1 Å². The molecule has 62 valence electrons. The van der Waals surface area contributed by atoms with Crippen LogP contribution in [0.25, 0.3) is 0 Å². The molecule has 0 bridgehead atoms. The largest absolute Gasteiger partial charge is 0.350 e. The van der Waals surface area contributed by atoms with Gasteiger partial charge in [-0.05, 0) is 19.4 Å². The molecule has 1 heterocycles. The van der Waals surface area contributed by atoms with Crippen LogP contribution in [0.3, 0.4) is 0 Å². The van der Waals surface area contributed by atoms with Crippen molar-refractivity contribution in [3.63, 3.8) is 0 Å². The lowest BCUT2D eigenvalue weighted by Gasteiger charge is -2.25. The molecule has 0 spiro atoms. The van der Waals surface area contributed by atoms with Gasteiger partial charge in [-0.2, -0.15) is 5.06 Å². The lowest BCUT2D eigenvalue weighted by molar-refractivity contribution is -0.107. The van der Waals surface area contributed by atoms with Gasteiger partial charge in [-0.1, -0.05) is 5.57 Å². The molecule has 0 radical (unpaired) electrons. The normalized spacial score (nSPS) is 18.9. The minimum Gasteiger partial charge on any atom is -0.350 e. The third-order valence-electron chi connectivity index (χ3n) is 1.79. The summed E-state index contributed by atoms with van der Waals surface area (Å²) in [5.74, 6) is 0. The first kappa shape index (κ1) is 8.07. The molecule has 0 unspecified atom stereocenters. The first-order chi connectivity index (χ1) is 5.11. The van der Waals surface area contributed by atoms with E-state index in [-0.39, 0.29) is 0 Å². The van der Waals surface area contributed by atoms with Crippen molar-refractivity contribution in [3.05, 3.63) is 11.1 Å². The van der Waals surface area contributed by atoms with E-state index in [1.165, 1.54) is 10.6 Å². The number of carbonyl (C=O) groups excluding carboxylic acids is 1. The lowest BCUT2D eigenvalue weighted by Crippen LogP contribution is -2.40. The SMILES string of the molecule is CC1=C(C)CN(C(N)=O)OC1. The summed E-state index contributed by atoms with van der Waals surface area (Å²) in [6.07, 6.45) is 0. The van der Waals surface area contributed by atoms with E-state index >= 15 is 0 Å². The predicted molar refractivity (Wildman–Crippen MR) is 40.6 cm³/mol. The second-order valence-corrected chi connectivity index (χ2v) is 2.71. The van der Waals surface area contributed by atoms with Gasteiger partial charge in [0, 0.05) is 0 Å². The summed E-state index contributed by atoms with van der Waals surface area (Å²) in [5.41, 5.74) is 7.33. The first-order valence-corrected chi connectivity index (χ1v) is 3.46. The molecule has 0 aromatic carbocycles. The minimum atomic E-state index is -0.531. The Kier molecular flexibility index (Phi) is 2.14.